The van der Waals surface area contributed by atoms with Crippen LogP contribution >= 0.6 is 0 Å². The molecule has 0 amide bonds. The molecule has 0 aliphatic heterocycles. The summed E-state index contributed by atoms with van der Waals surface area (Å²) < 4.78 is 0. The first-order valence-electron chi connectivity index (χ1n) is 1.50. The average molecular weight is 123 g/mol. The van der Waals surface area contributed by atoms with Gasteiger partial charge in [-0.2, -0.15) is 0 Å². The summed E-state index contributed by atoms with van der Waals surface area (Å²) in [6, 6.07) is 0. The van der Waals surface area contributed by atoms with Crippen LogP contribution in [0, 0.1) is 0 Å². The van der Waals surface area contributed by atoms with Gasteiger partial charge >= 0.3 is 33.6 Å². The molecule has 31 valence electrons. The van der Waals surface area contributed by atoms with Gasteiger partial charge in [-0.05, 0) is 0 Å². The molecule has 0 rings (SSSR count). The molecule has 0 nitrogen and oxygen atoms in total. The van der Waals surface area contributed by atoms with Gasteiger partial charge in [0.1, 0.15) is 0 Å². The normalized spacial score (nSPS) is 5.40. The maximum absolute atomic E-state index is 2.33. The fourth-order valence-corrected chi connectivity index (χ4v) is 0. The first-order valence-corrected chi connectivity index (χ1v) is 6.18. The molecule has 2 heteroatoms. The van der Waals surface area contributed by atoms with E-state index >= 15 is 0 Å². The van der Waals surface area contributed by atoms with Crippen molar-refractivity contribution in [2.45, 2.75) is 15.7 Å². The van der Waals surface area contributed by atoms with Crippen molar-refractivity contribution in [3.05, 3.63) is 0 Å². The van der Waals surface area contributed by atoms with E-state index in [-0.39, 0.29) is 35.2 Å². The van der Waals surface area contributed by atoms with Crippen molar-refractivity contribution in [1.82, 2.24) is 0 Å². The van der Waals surface area contributed by atoms with E-state index in [1.54, 1.807) is 0 Å². The first kappa shape index (κ1) is 9.54. The second-order valence-corrected chi connectivity index (χ2v) is 6.18. The Balaban J connectivity index is 0. The molecular weight excluding hydrogens is 111 g/mol. The van der Waals surface area contributed by atoms with Gasteiger partial charge in [0.05, 0.1) is 0 Å². The molecular formula is C3H12AlTi. The van der Waals surface area contributed by atoms with Crippen LogP contribution in [0.2, 0.25) is 15.7 Å². The average Bonchev–Trinajstić information content (AvgIpc) is 0.811. The Morgan fingerprint density at radius 2 is 1.00 bits per heavy atom. The quantitative estimate of drug-likeness (QED) is 0.413. The van der Waals surface area contributed by atoms with Crippen LogP contribution < -0.4 is 0 Å². The molecule has 0 N–H and O–H groups in total. The van der Waals surface area contributed by atoms with Crippen LogP contribution in [-0.4, -0.2) is 17.4 Å². The van der Waals surface area contributed by atoms with Crippen molar-refractivity contribution in [3.8, 4) is 0 Å². The van der Waals surface area contributed by atoms with Crippen molar-refractivity contribution in [2.24, 2.45) is 0 Å². The summed E-state index contributed by atoms with van der Waals surface area (Å²) in [5, 5.41) is 7.00. The second-order valence-electron chi connectivity index (χ2n) is 1.50. The van der Waals surface area contributed by atoms with E-state index in [9.17, 15) is 0 Å². The standard InChI is InChI=1S/3CH3.Al.Ti.3H/h3*1H3;;;;;. The van der Waals surface area contributed by atoms with E-state index in [0.29, 0.717) is 0 Å². The molecule has 0 spiro atoms. The van der Waals surface area contributed by atoms with Crippen LogP contribution in [0.3, 0.4) is 0 Å². The molecule has 0 atom stereocenters. The third-order valence-corrected chi connectivity index (χ3v) is 0. The molecule has 0 aromatic rings. The molecule has 5 heavy (non-hydrogen) atoms. The summed E-state index contributed by atoms with van der Waals surface area (Å²) in [6.07, 6.45) is 0. The summed E-state index contributed by atoms with van der Waals surface area (Å²) in [4.78, 5) is 0. The van der Waals surface area contributed by atoms with Crippen LogP contribution in [0.1, 0.15) is 0 Å². The topological polar surface area (TPSA) is 0 Å². The van der Waals surface area contributed by atoms with Crippen molar-refractivity contribution in [3.63, 3.8) is 0 Å². The molecule has 0 unspecified atom stereocenters. The Morgan fingerprint density at radius 3 is 1.00 bits per heavy atom. The zero-order valence-electron chi connectivity index (χ0n) is 3.50. The fourth-order valence-electron chi connectivity index (χ4n) is 0. The van der Waals surface area contributed by atoms with Gasteiger partial charge in [0.15, 0.2) is 17.4 Å². The molecule has 0 saturated heterocycles. The van der Waals surface area contributed by atoms with Crippen molar-refractivity contribution in [2.75, 3.05) is 0 Å². The summed E-state index contributed by atoms with van der Waals surface area (Å²) in [5.74, 6) is 0. The van der Waals surface area contributed by atoms with Crippen molar-refractivity contribution >= 4 is 17.4 Å². The Kier molecular flexibility index (Phi) is 10.0. The summed E-state index contributed by atoms with van der Waals surface area (Å²) in [7, 11) is 0. The Hall–Kier alpha value is 1.25. The van der Waals surface area contributed by atoms with Crippen LogP contribution in [0.4, 0.5) is 0 Å². The van der Waals surface area contributed by atoms with E-state index in [1.807, 2.05) is 0 Å². The van der Waals surface area contributed by atoms with Gasteiger partial charge in [-0.3, -0.25) is 0 Å². The SMILES string of the molecule is [AlH3].[CH3][Ti]([CH3])[CH3]. The third kappa shape index (κ3) is 35.6. The van der Waals surface area contributed by atoms with Crippen LogP contribution in [-0.2, 0) is 17.9 Å². The minimum absolute atomic E-state index is 0. The molecule has 0 bridgehead atoms. The molecule has 0 aliphatic carbocycles. The van der Waals surface area contributed by atoms with Gasteiger partial charge in [0.2, 0.25) is 0 Å². The third-order valence-electron chi connectivity index (χ3n) is 0. The Bertz CT molecular complexity index is 11.6. The molecule has 0 heterocycles. The predicted molar refractivity (Wildman–Crippen MR) is 27.5 cm³/mol. The van der Waals surface area contributed by atoms with E-state index in [4.69, 9.17) is 0 Å². The summed E-state index contributed by atoms with van der Waals surface area (Å²) in [5.41, 5.74) is 0. The number of hydrogen-bond acceptors (Lipinski definition) is 0. The first-order chi connectivity index (χ1) is 1.73. The monoisotopic (exact) mass is 123 g/mol. The summed E-state index contributed by atoms with van der Waals surface area (Å²) >= 11 is -0.333. The number of rotatable bonds is 0. The maximum atomic E-state index is 2.33. The zero-order valence-corrected chi connectivity index (χ0v) is 5.06. The molecule has 0 aromatic carbocycles. The summed E-state index contributed by atoms with van der Waals surface area (Å²) in [6.45, 7) is 0. The van der Waals surface area contributed by atoms with Crippen LogP contribution in [0.5, 0.6) is 0 Å². The minimum atomic E-state index is -0.333. The van der Waals surface area contributed by atoms with Gasteiger partial charge in [-0.25, -0.2) is 0 Å². The van der Waals surface area contributed by atoms with Crippen molar-refractivity contribution in [1.29, 1.82) is 0 Å². The van der Waals surface area contributed by atoms with E-state index in [2.05, 4.69) is 15.7 Å². The Labute approximate surface area is 50.9 Å². The molecule has 0 saturated carbocycles. The molecule has 0 aromatic heterocycles. The predicted octanol–water partition coefficient (Wildman–Crippen LogP) is 0.565. The molecule has 0 aliphatic rings. The zero-order chi connectivity index (χ0) is 3.58. The fraction of sp³-hybridized carbons (Fsp3) is 1.00. The van der Waals surface area contributed by atoms with E-state index in [0.717, 1.165) is 0 Å². The van der Waals surface area contributed by atoms with Crippen molar-refractivity contribution < 1.29 is 17.9 Å². The molecule has 0 radical (unpaired) electrons. The second kappa shape index (κ2) is 5.25. The van der Waals surface area contributed by atoms with Gasteiger partial charge in [-0.1, -0.05) is 0 Å². The molecule has 0 fully saturated rings. The van der Waals surface area contributed by atoms with E-state index in [1.165, 1.54) is 0 Å². The van der Waals surface area contributed by atoms with Crippen LogP contribution in [0.25, 0.3) is 0 Å². The van der Waals surface area contributed by atoms with Gasteiger partial charge in [0, 0.05) is 0 Å². The Morgan fingerprint density at radius 1 is 1.00 bits per heavy atom. The number of hydrogen-bond donors (Lipinski definition) is 0. The van der Waals surface area contributed by atoms with E-state index < -0.39 is 0 Å². The van der Waals surface area contributed by atoms with Crippen LogP contribution in [0.15, 0.2) is 0 Å². The van der Waals surface area contributed by atoms with Gasteiger partial charge < -0.3 is 0 Å². The van der Waals surface area contributed by atoms with Gasteiger partial charge in [0.25, 0.3) is 0 Å². The van der Waals surface area contributed by atoms with Gasteiger partial charge in [-0.15, -0.1) is 0 Å².